The van der Waals surface area contributed by atoms with Gasteiger partial charge in [-0.25, -0.2) is 4.39 Å². The zero-order valence-electron chi connectivity index (χ0n) is 6.80. The van der Waals surface area contributed by atoms with Crippen LogP contribution in [0.2, 0.25) is 0 Å². The van der Waals surface area contributed by atoms with Crippen molar-refractivity contribution in [2.75, 3.05) is 20.1 Å². The molecule has 1 heterocycles. The summed E-state index contributed by atoms with van der Waals surface area (Å²) in [5, 5.41) is 2.57. The fourth-order valence-electron chi connectivity index (χ4n) is 1.35. The molecule has 3 nitrogen and oxygen atoms in total. The molecular formula is C7H13FN2O. The number of carbonyl (C=O) groups is 1. The standard InChI is InChI=1S/C7H13FN2O/c1-5(11)9-7-4-10(2)3-6(7)8/h6-7H,3-4H2,1-2H3,(H,9,11)/t6-,7-/m1/s1. The summed E-state index contributed by atoms with van der Waals surface area (Å²) in [4.78, 5) is 12.4. The van der Waals surface area contributed by atoms with Crippen LogP contribution in [0.25, 0.3) is 0 Å². The second-order valence-electron chi connectivity index (χ2n) is 3.04. The summed E-state index contributed by atoms with van der Waals surface area (Å²) in [5.41, 5.74) is 0. The van der Waals surface area contributed by atoms with Crippen LogP contribution >= 0.6 is 0 Å². The number of likely N-dealkylation sites (N-methyl/N-ethyl adjacent to an activating group) is 1. The van der Waals surface area contributed by atoms with Gasteiger partial charge in [0.15, 0.2) is 0 Å². The summed E-state index contributed by atoms with van der Waals surface area (Å²) in [6, 6.07) is -0.308. The second kappa shape index (κ2) is 3.17. The highest BCUT2D eigenvalue weighted by atomic mass is 19.1. The van der Waals surface area contributed by atoms with Crippen molar-refractivity contribution in [3.05, 3.63) is 0 Å². The minimum absolute atomic E-state index is 0.159. The molecule has 0 aliphatic carbocycles. The average molecular weight is 160 g/mol. The number of likely N-dealkylation sites (tertiary alicyclic amines) is 1. The number of hydrogen-bond donors (Lipinski definition) is 1. The monoisotopic (exact) mass is 160 g/mol. The zero-order valence-corrected chi connectivity index (χ0v) is 6.80. The lowest BCUT2D eigenvalue weighted by atomic mass is 10.2. The fraction of sp³-hybridized carbons (Fsp3) is 0.857. The molecule has 2 atom stereocenters. The van der Waals surface area contributed by atoms with E-state index in [1.165, 1.54) is 6.92 Å². The van der Waals surface area contributed by atoms with E-state index >= 15 is 0 Å². The van der Waals surface area contributed by atoms with Crippen LogP contribution in [0.4, 0.5) is 4.39 Å². The van der Waals surface area contributed by atoms with Gasteiger partial charge in [-0.2, -0.15) is 0 Å². The average Bonchev–Trinajstić information content (AvgIpc) is 2.09. The summed E-state index contributed by atoms with van der Waals surface area (Å²) in [6.45, 7) is 2.44. The molecule has 0 bridgehead atoms. The Labute approximate surface area is 65.6 Å². The van der Waals surface area contributed by atoms with E-state index in [4.69, 9.17) is 0 Å². The van der Waals surface area contributed by atoms with Gasteiger partial charge in [0.05, 0.1) is 6.04 Å². The zero-order chi connectivity index (χ0) is 8.43. The second-order valence-corrected chi connectivity index (χ2v) is 3.04. The Balaban J connectivity index is 2.40. The molecule has 1 fully saturated rings. The largest absolute Gasteiger partial charge is 0.349 e. The number of alkyl halides is 1. The van der Waals surface area contributed by atoms with Gasteiger partial charge in [-0.05, 0) is 7.05 Å². The number of nitrogens with one attached hydrogen (secondary N) is 1. The molecule has 64 valence electrons. The molecule has 1 aliphatic rings. The van der Waals surface area contributed by atoms with E-state index < -0.39 is 6.17 Å². The predicted octanol–water partition coefficient (Wildman–Crippen LogP) is -0.225. The van der Waals surface area contributed by atoms with Crippen LogP contribution in [0.15, 0.2) is 0 Å². The van der Waals surface area contributed by atoms with Crippen LogP contribution in [-0.4, -0.2) is 43.2 Å². The van der Waals surface area contributed by atoms with Crippen molar-refractivity contribution < 1.29 is 9.18 Å². The van der Waals surface area contributed by atoms with Gasteiger partial charge in [0, 0.05) is 20.0 Å². The molecule has 11 heavy (non-hydrogen) atoms. The molecule has 0 radical (unpaired) electrons. The van der Waals surface area contributed by atoms with Crippen molar-refractivity contribution in [1.29, 1.82) is 0 Å². The topological polar surface area (TPSA) is 32.3 Å². The smallest absolute Gasteiger partial charge is 0.217 e. The third-order valence-electron chi connectivity index (χ3n) is 1.82. The highest BCUT2D eigenvalue weighted by Crippen LogP contribution is 2.10. The maximum Gasteiger partial charge on any atom is 0.217 e. The summed E-state index contributed by atoms with van der Waals surface area (Å²) in [6.07, 6.45) is -0.913. The van der Waals surface area contributed by atoms with E-state index in [-0.39, 0.29) is 11.9 Å². The van der Waals surface area contributed by atoms with E-state index in [1.807, 2.05) is 11.9 Å². The maximum atomic E-state index is 12.9. The Morgan fingerprint density at radius 3 is 2.64 bits per heavy atom. The van der Waals surface area contributed by atoms with Crippen molar-refractivity contribution in [3.8, 4) is 0 Å². The van der Waals surface area contributed by atoms with E-state index in [0.717, 1.165) is 0 Å². The number of hydrogen-bond acceptors (Lipinski definition) is 2. The first-order valence-corrected chi connectivity index (χ1v) is 3.69. The minimum Gasteiger partial charge on any atom is -0.349 e. The van der Waals surface area contributed by atoms with Gasteiger partial charge in [0.1, 0.15) is 6.17 Å². The molecule has 1 amide bonds. The number of carbonyl (C=O) groups excluding carboxylic acids is 1. The summed E-state index contributed by atoms with van der Waals surface area (Å²) < 4.78 is 12.9. The third-order valence-corrected chi connectivity index (χ3v) is 1.82. The Kier molecular flexibility index (Phi) is 2.44. The van der Waals surface area contributed by atoms with E-state index in [1.54, 1.807) is 0 Å². The normalized spacial score (nSPS) is 32.3. The molecule has 0 aromatic carbocycles. The summed E-state index contributed by atoms with van der Waals surface area (Å²) in [5.74, 6) is -0.159. The van der Waals surface area contributed by atoms with E-state index in [2.05, 4.69) is 5.32 Å². The summed E-state index contributed by atoms with van der Waals surface area (Å²) in [7, 11) is 1.84. The number of halogens is 1. The van der Waals surface area contributed by atoms with Crippen molar-refractivity contribution in [3.63, 3.8) is 0 Å². The minimum atomic E-state index is -0.913. The van der Waals surface area contributed by atoms with Crippen LogP contribution < -0.4 is 5.32 Å². The van der Waals surface area contributed by atoms with Crippen molar-refractivity contribution in [2.45, 2.75) is 19.1 Å². The molecule has 0 aromatic heterocycles. The molecule has 1 aliphatic heterocycles. The van der Waals surface area contributed by atoms with Crippen LogP contribution in [-0.2, 0) is 4.79 Å². The molecule has 1 N–H and O–H groups in total. The Hall–Kier alpha value is -0.640. The van der Waals surface area contributed by atoms with Crippen LogP contribution in [0.3, 0.4) is 0 Å². The van der Waals surface area contributed by atoms with Crippen molar-refractivity contribution >= 4 is 5.91 Å². The molecule has 4 heteroatoms. The Morgan fingerprint density at radius 1 is 1.64 bits per heavy atom. The predicted molar refractivity (Wildman–Crippen MR) is 40.0 cm³/mol. The third kappa shape index (κ3) is 2.15. The van der Waals surface area contributed by atoms with Gasteiger partial charge in [-0.1, -0.05) is 0 Å². The number of amides is 1. The molecular weight excluding hydrogens is 147 g/mol. The first-order chi connectivity index (χ1) is 5.09. The molecule has 0 aromatic rings. The van der Waals surface area contributed by atoms with E-state index in [0.29, 0.717) is 13.1 Å². The number of nitrogens with zero attached hydrogens (tertiary/aromatic N) is 1. The SMILES string of the molecule is CC(=O)N[C@@H]1CN(C)C[C@H]1F. The molecule has 1 rings (SSSR count). The molecule has 0 spiro atoms. The fourth-order valence-corrected chi connectivity index (χ4v) is 1.35. The lowest BCUT2D eigenvalue weighted by Gasteiger charge is -2.11. The Morgan fingerprint density at radius 2 is 2.27 bits per heavy atom. The van der Waals surface area contributed by atoms with Gasteiger partial charge in [-0.15, -0.1) is 0 Å². The van der Waals surface area contributed by atoms with Crippen LogP contribution in [0.5, 0.6) is 0 Å². The van der Waals surface area contributed by atoms with E-state index in [9.17, 15) is 9.18 Å². The van der Waals surface area contributed by atoms with Gasteiger partial charge < -0.3 is 10.2 Å². The van der Waals surface area contributed by atoms with Crippen molar-refractivity contribution in [1.82, 2.24) is 10.2 Å². The number of rotatable bonds is 1. The van der Waals surface area contributed by atoms with Gasteiger partial charge in [0.25, 0.3) is 0 Å². The van der Waals surface area contributed by atoms with Gasteiger partial charge >= 0.3 is 0 Å². The quantitative estimate of drug-likeness (QED) is 0.575. The molecule has 1 saturated heterocycles. The first-order valence-electron chi connectivity index (χ1n) is 3.69. The maximum absolute atomic E-state index is 12.9. The molecule has 0 saturated carbocycles. The highest BCUT2D eigenvalue weighted by Gasteiger charge is 2.30. The van der Waals surface area contributed by atoms with Gasteiger partial charge in [0.2, 0.25) is 5.91 Å². The van der Waals surface area contributed by atoms with Crippen LogP contribution in [0, 0.1) is 0 Å². The summed E-state index contributed by atoms with van der Waals surface area (Å²) >= 11 is 0. The van der Waals surface area contributed by atoms with Gasteiger partial charge in [-0.3, -0.25) is 4.79 Å². The first kappa shape index (κ1) is 8.46. The lowest BCUT2D eigenvalue weighted by Crippen LogP contribution is -2.39. The Bertz CT molecular complexity index is 163. The van der Waals surface area contributed by atoms with Crippen LogP contribution in [0.1, 0.15) is 6.92 Å². The highest BCUT2D eigenvalue weighted by molar-refractivity contribution is 5.73. The van der Waals surface area contributed by atoms with Crippen molar-refractivity contribution in [2.24, 2.45) is 0 Å². The lowest BCUT2D eigenvalue weighted by molar-refractivity contribution is -0.119. The molecule has 0 unspecified atom stereocenters.